The molecule has 42 heavy (non-hydrogen) atoms. The van der Waals surface area contributed by atoms with E-state index >= 15 is 0 Å². The van der Waals surface area contributed by atoms with Gasteiger partial charge in [0, 0.05) is 37.3 Å². The normalized spacial score (nSPS) is 22.0. The van der Waals surface area contributed by atoms with Gasteiger partial charge in [-0.1, -0.05) is 36.4 Å². The molecule has 0 unspecified atom stereocenters. The van der Waals surface area contributed by atoms with Crippen molar-refractivity contribution in [1.29, 1.82) is 0 Å². The van der Waals surface area contributed by atoms with Gasteiger partial charge in [-0.3, -0.25) is 19.2 Å². The first-order valence-corrected chi connectivity index (χ1v) is 15.5. The summed E-state index contributed by atoms with van der Waals surface area (Å²) in [5, 5.41) is 5.97. The monoisotopic (exact) mass is 568 g/mol. The van der Waals surface area contributed by atoms with E-state index in [1.807, 2.05) is 60.7 Å². The Morgan fingerprint density at radius 1 is 0.595 bits per heavy atom. The van der Waals surface area contributed by atoms with Crippen molar-refractivity contribution in [3.8, 4) is 0 Å². The van der Waals surface area contributed by atoms with Crippen LogP contribution in [0.25, 0.3) is 12.2 Å². The van der Waals surface area contributed by atoms with Crippen LogP contribution in [0.4, 0.5) is 11.4 Å². The highest BCUT2D eigenvalue weighted by Crippen LogP contribution is 2.35. The summed E-state index contributed by atoms with van der Waals surface area (Å²) in [5.74, 6) is 1.03. The van der Waals surface area contributed by atoms with Crippen molar-refractivity contribution in [2.24, 2.45) is 11.8 Å². The molecule has 2 N–H and O–H groups in total. The second-order valence-corrected chi connectivity index (χ2v) is 12.3. The molecule has 0 spiro atoms. The number of nitrogens with one attached hydrogen (secondary N) is 2. The number of benzene rings is 2. The van der Waals surface area contributed by atoms with Crippen LogP contribution in [-0.4, -0.2) is 58.6 Å². The Kier molecular flexibility index (Phi) is 8.40. The predicted octanol–water partition coefficient (Wildman–Crippen LogP) is 5.32. The molecule has 2 aliphatic heterocycles. The highest BCUT2D eigenvalue weighted by atomic mass is 16.2. The van der Waals surface area contributed by atoms with Gasteiger partial charge in [0.25, 0.3) is 0 Å². The lowest BCUT2D eigenvalue weighted by Crippen LogP contribution is -2.43. The zero-order valence-corrected chi connectivity index (χ0v) is 24.1. The van der Waals surface area contributed by atoms with Gasteiger partial charge in [-0.15, -0.1) is 0 Å². The Morgan fingerprint density at radius 2 is 0.976 bits per heavy atom. The third-order valence-electron chi connectivity index (χ3n) is 8.90. The summed E-state index contributed by atoms with van der Waals surface area (Å²) >= 11 is 0. The minimum absolute atomic E-state index is 0.113. The van der Waals surface area contributed by atoms with Crippen molar-refractivity contribution < 1.29 is 19.2 Å². The zero-order chi connectivity index (χ0) is 29.1. The molecule has 220 valence electrons. The van der Waals surface area contributed by atoms with E-state index in [-0.39, 0.29) is 35.7 Å². The van der Waals surface area contributed by atoms with Gasteiger partial charge in [0.05, 0.1) is 0 Å². The summed E-state index contributed by atoms with van der Waals surface area (Å²) < 4.78 is 0. The lowest BCUT2D eigenvalue weighted by atomic mass is 10.1. The number of hydrogen-bond acceptors (Lipinski definition) is 4. The van der Waals surface area contributed by atoms with Crippen LogP contribution < -0.4 is 10.6 Å². The van der Waals surface area contributed by atoms with Crippen molar-refractivity contribution >= 4 is 47.2 Å². The van der Waals surface area contributed by atoms with E-state index in [0.29, 0.717) is 62.0 Å². The third-order valence-corrected chi connectivity index (χ3v) is 8.90. The van der Waals surface area contributed by atoms with Gasteiger partial charge in [0.15, 0.2) is 0 Å². The predicted molar refractivity (Wildman–Crippen MR) is 163 cm³/mol. The first-order chi connectivity index (χ1) is 20.4. The first-order valence-electron chi connectivity index (χ1n) is 15.5. The van der Waals surface area contributed by atoms with E-state index in [4.69, 9.17) is 0 Å². The van der Waals surface area contributed by atoms with Crippen molar-refractivity contribution in [2.45, 2.75) is 76.3 Å². The van der Waals surface area contributed by atoms with E-state index in [0.717, 1.165) is 49.7 Å². The van der Waals surface area contributed by atoms with E-state index in [9.17, 15) is 19.2 Å². The third kappa shape index (κ3) is 7.09. The van der Waals surface area contributed by atoms with E-state index in [2.05, 4.69) is 10.6 Å². The molecular formula is C34H40N4O4. The Hall–Kier alpha value is -3.94. The number of carbonyl (C=O) groups is 4. The summed E-state index contributed by atoms with van der Waals surface area (Å²) in [6, 6.07) is 14.5. The number of amides is 4. The average molecular weight is 569 g/mol. The van der Waals surface area contributed by atoms with E-state index in [1.54, 1.807) is 9.80 Å². The molecule has 8 heteroatoms. The van der Waals surface area contributed by atoms with Crippen LogP contribution in [0.3, 0.4) is 0 Å². The molecule has 2 aromatic rings. The summed E-state index contributed by atoms with van der Waals surface area (Å²) in [4.78, 5) is 54.5. The van der Waals surface area contributed by atoms with Crippen LogP contribution >= 0.6 is 0 Å². The second kappa shape index (κ2) is 12.5. The van der Waals surface area contributed by atoms with Crippen molar-refractivity contribution in [2.75, 3.05) is 23.7 Å². The molecule has 2 atom stereocenters. The minimum Gasteiger partial charge on any atom is -0.331 e. The van der Waals surface area contributed by atoms with Crippen LogP contribution in [0.2, 0.25) is 0 Å². The summed E-state index contributed by atoms with van der Waals surface area (Å²) in [6.45, 7) is 1.34. The molecule has 2 aromatic carbocycles. The fourth-order valence-electron chi connectivity index (χ4n) is 6.05. The van der Waals surface area contributed by atoms with Gasteiger partial charge >= 0.3 is 0 Å². The van der Waals surface area contributed by atoms with Gasteiger partial charge in [0.1, 0.15) is 12.1 Å². The Bertz CT molecular complexity index is 1240. The SMILES string of the molecule is O=C(Nc1ccc(C=Cc2ccc(NC(=O)[C@@H]3CCCN3C(=O)CC3CC3)cc2)cc1)[C@@H]1CCCN1C(=O)CC1CC1. The van der Waals surface area contributed by atoms with Gasteiger partial charge in [-0.2, -0.15) is 0 Å². The highest BCUT2D eigenvalue weighted by molar-refractivity contribution is 5.98. The molecule has 2 heterocycles. The van der Waals surface area contributed by atoms with Gasteiger partial charge in [-0.25, -0.2) is 0 Å². The van der Waals surface area contributed by atoms with Gasteiger partial charge in [-0.05, 0) is 98.6 Å². The number of anilines is 2. The Morgan fingerprint density at radius 3 is 1.33 bits per heavy atom. The average Bonchev–Trinajstić information content (AvgIpc) is 3.87. The highest BCUT2D eigenvalue weighted by Gasteiger charge is 2.37. The van der Waals surface area contributed by atoms with Gasteiger partial charge in [0.2, 0.25) is 23.6 Å². The molecule has 2 aliphatic carbocycles. The van der Waals surface area contributed by atoms with E-state index < -0.39 is 0 Å². The Balaban J connectivity index is 0.985. The number of nitrogens with zero attached hydrogens (tertiary/aromatic N) is 2. The molecule has 0 radical (unpaired) electrons. The van der Waals surface area contributed by atoms with Crippen LogP contribution in [0, 0.1) is 11.8 Å². The number of hydrogen-bond donors (Lipinski definition) is 2. The molecule has 2 saturated heterocycles. The molecule has 8 nitrogen and oxygen atoms in total. The lowest BCUT2D eigenvalue weighted by molar-refractivity contribution is -0.137. The molecule has 0 aromatic heterocycles. The van der Waals surface area contributed by atoms with Gasteiger partial charge < -0.3 is 20.4 Å². The molecule has 4 amide bonds. The lowest BCUT2D eigenvalue weighted by Gasteiger charge is -2.24. The molecule has 4 fully saturated rings. The number of rotatable bonds is 10. The van der Waals surface area contributed by atoms with Crippen molar-refractivity contribution in [1.82, 2.24) is 9.80 Å². The summed E-state index contributed by atoms with van der Waals surface area (Å²) in [5.41, 5.74) is 3.41. The minimum atomic E-state index is -0.379. The maximum Gasteiger partial charge on any atom is 0.247 e. The molecule has 0 bridgehead atoms. The maximum atomic E-state index is 12.9. The first kappa shape index (κ1) is 28.2. The second-order valence-electron chi connectivity index (χ2n) is 12.3. The quantitative estimate of drug-likeness (QED) is 0.379. The van der Waals surface area contributed by atoms with Crippen LogP contribution in [-0.2, 0) is 19.2 Å². The number of likely N-dealkylation sites (tertiary alicyclic amines) is 2. The van der Waals surface area contributed by atoms with Crippen LogP contribution in [0.15, 0.2) is 48.5 Å². The summed E-state index contributed by atoms with van der Waals surface area (Å²) in [6.07, 6.45) is 12.8. The Labute approximate surface area is 247 Å². The largest absolute Gasteiger partial charge is 0.331 e. The topological polar surface area (TPSA) is 98.8 Å². The number of carbonyl (C=O) groups excluding carboxylic acids is 4. The summed E-state index contributed by atoms with van der Waals surface area (Å²) in [7, 11) is 0. The zero-order valence-electron chi connectivity index (χ0n) is 24.1. The molecule has 4 aliphatic rings. The molecular weight excluding hydrogens is 528 g/mol. The van der Waals surface area contributed by atoms with Crippen molar-refractivity contribution in [3.63, 3.8) is 0 Å². The fourth-order valence-corrected chi connectivity index (χ4v) is 6.05. The standard InChI is InChI=1S/C34H40N4O4/c39-31(21-25-7-8-25)37-19-1-3-29(37)33(41)35-27-15-11-23(12-16-27)5-6-24-13-17-28(18-14-24)36-34(42)30-4-2-20-38(30)32(40)22-26-9-10-26/h5-6,11-18,25-26,29-30H,1-4,7-10,19-22H2,(H,35,41)(H,36,42)/t29-,30-/m0/s1. The fraction of sp³-hybridized carbons (Fsp3) is 0.471. The van der Waals surface area contributed by atoms with Crippen LogP contribution in [0.5, 0.6) is 0 Å². The molecule has 2 saturated carbocycles. The maximum absolute atomic E-state index is 12.9. The molecule has 6 rings (SSSR count). The van der Waals surface area contributed by atoms with Crippen molar-refractivity contribution in [3.05, 3.63) is 59.7 Å². The van der Waals surface area contributed by atoms with Crippen LogP contribution in [0.1, 0.15) is 75.3 Å². The smallest absolute Gasteiger partial charge is 0.247 e. The van der Waals surface area contributed by atoms with E-state index in [1.165, 1.54) is 0 Å².